The molecule has 0 saturated carbocycles. The number of alkyl halides is 2. The highest BCUT2D eigenvalue weighted by Crippen LogP contribution is 2.29. The van der Waals surface area contributed by atoms with E-state index in [4.69, 9.17) is 15.2 Å². The number of methoxy groups -OCH3 is 2. The SMILES string of the molecule is COc1ccc(NC(N)=NCc2cc(C)ccc2OC(F)F)cc1OC. The van der Waals surface area contributed by atoms with Gasteiger partial charge in [0.05, 0.1) is 20.8 Å². The molecule has 3 N–H and O–H groups in total. The fourth-order valence-electron chi connectivity index (χ4n) is 2.31. The zero-order chi connectivity index (χ0) is 19.1. The summed E-state index contributed by atoms with van der Waals surface area (Å²) in [5.74, 6) is 1.33. The number of guanidine groups is 1. The lowest BCUT2D eigenvalue weighted by Crippen LogP contribution is -2.22. The number of hydrogen-bond donors (Lipinski definition) is 2. The summed E-state index contributed by atoms with van der Waals surface area (Å²) < 4.78 is 39.9. The van der Waals surface area contributed by atoms with Crippen molar-refractivity contribution in [2.45, 2.75) is 20.1 Å². The van der Waals surface area contributed by atoms with Crippen molar-refractivity contribution in [3.8, 4) is 17.2 Å². The van der Waals surface area contributed by atoms with E-state index in [1.165, 1.54) is 13.2 Å². The lowest BCUT2D eigenvalue weighted by molar-refractivity contribution is -0.0504. The van der Waals surface area contributed by atoms with Crippen LogP contribution in [0.4, 0.5) is 14.5 Å². The van der Waals surface area contributed by atoms with E-state index in [1.54, 1.807) is 37.4 Å². The maximum atomic E-state index is 12.5. The average molecular weight is 365 g/mol. The van der Waals surface area contributed by atoms with Crippen LogP contribution in [-0.4, -0.2) is 26.8 Å². The van der Waals surface area contributed by atoms with Crippen LogP contribution in [0.3, 0.4) is 0 Å². The van der Waals surface area contributed by atoms with Crippen LogP contribution in [0.15, 0.2) is 41.4 Å². The van der Waals surface area contributed by atoms with Crippen LogP contribution in [0, 0.1) is 6.92 Å². The summed E-state index contributed by atoms with van der Waals surface area (Å²) in [6.07, 6.45) is 0. The molecule has 140 valence electrons. The molecule has 0 spiro atoms. The first kappa shape index (κ1) is 19.3. The van der Waals surface area contributed by atoms with E-state index in [0.29, 0.717) is 22.7 Å². The van der Waals surface area contributed by atoms with Crippen molar-refractivity contribution in [2.24, 2.45) is 10.7 Å². The first-order valence-corrected chi connectivity index (χ1v) is 7.76. The van der Waals surface area contributed by atoms with E-state index in [0.717, 1.165) is 5.56 Å². The van der Waals surface area contributed by atoms with Crippen LogP contribution in [0.2, 0.25) is 0 Å². The van der Waals surface area contributed by atoms with Crippen LogP contribution in [0.1, 0.15) is 11.1 Å². The van der Waals surface area contributed by atoms with Crippen LogP contribution >= 0.6 is 0 Å². The van der Waals surface area contributed by atoms with Gasteiger partial charge < -0.3 is 25.3 Å². The van der Waals surface area contributed by atoms with Crippen molar-refractivity contribution in [1.29, 1.82) is 0 Å². The Bertz CT molecular complexity index is 782. The molecule has 2 aromatic carbocycles. The number of ether oxygens (including phenoxy) is 3. The summed E-state index contributed by atoms with van der Waals surface area (Å²) >= 11 is 0. The minimum Gasteiger partial charge on any atom is -0.493 e. The lowest BCUT2D eigenvalue weighted by Gasteiger charge is -2.12. The van der Waals surface area contributed by atoms with Gasteiger partial charge in [0.1, 0.15) is 5.75 Å². The number of benzene rings is 2. The number of hydrogen-bond acceptors (Lipinski definition) is 4. The van der Waals surface area contributed by atoms with E-state index in [1.807, 2.05) is 6.92 Å². The Morgan fingerprint density at radius 3 is 2.42 bits per heavy atom. The number of aryl methyl sites for hydroxylation is 1. The molecule has 0 saturated heterocycles. The number of nitrogens with two attached hydrogens (primary N) is 1. The predicted molar refractivity (Wildman–Crippen MR) is 96.3 cm³/mol. The highest BCUT2D eigenvalue weighted by molar-refractivity contribution is 5.92. The molecule has 2 aromatic rings. The third-order valence-corrected chi connectivity index (χ3v) is 3.51. The molecule has 0 unspecified atom stereocenters. The number of anilines is 1. The van der Waals surface area contributed by atoms with E-state index < -0.39 is 6.61 Å². The molecule has 0 bridgehead atoms. The third kappa shape index (κ3) is 5.23. The van der Waals surface area contributed by atoms with E-state index >= 15 is 0 Å². The lowest BCUT2D eigenvalue weighted by atomic mass is 10.1. The van der Waals surface area contributed by atoms with Crippen LogP contribution in [0.25, 0.3) is 0 Å². The molecule has 6 nitrogen and oxygen atoms in total. The van der Waals surface area contributed by atoms with Crippen molar-refractivity contribution in [1.82, 2.24) is 0 Å². The standard InChI is InChI=1S/C18H21F2N3O3/c1-11-4-6-14(26-17(19)20)12(8-11)10-22-18(21)23-13-5-7-15(24-2)16(9-13)25-3/h4-9,17H,10H2,1-3H3,(H3,21,22,23). The maximum Gasteiger partial charge on any atom is 0.387 e. The first-order valence-electron chi connectivity index (χ1n) is 7.76. The second kappa shape index (κ2) is 8.89. The number of halogens is 2. The Balaban J connectivity index is 2.12. The maximum absolute atomic E-state index is 12.5. The minimum atomic E-state index is -2.90. The Kier molecular flexibility index (Phi) is 6.60. The molecule has 0 atom stereocenters. The molecule has 26 heavy (non-hydrogen) atoms. The van der Waals surface area contributed by atoms with Crippen molar-refractivity contribution < 1.29 is 23.0 Å². The van der Waals surface area contributed by atoms with E-state index in [9.17, 15) is 8.78 Å². The molecule has 8 heteroatoms. The summed E-state index contributed by atoms with van der Waals surface area (Å²) in [4.78, 5) is 4.18. The normalized spacial score (nSPS) is 11.4. The largest absolute Gasteiger partial charge is 0.493 e. The van der Waals surface area contributed by atoms with Gasteiger partial charge in [-0.05, 0) is 25.1 Å². The molecular weight excluding hydrogens is 344 g/mol. The highest BCUT2D eigenvalue weighted by atomic mass is 19.3. The predicted octanol–water partition coefficient (Wildman–Crippen LogP) is 3.54. The van der Waals surface area contributed by atoms with Crippen molar-refractivity contribution >= 4 is 11.6 Å². The zero-order valence-electron chi connectivity index (χ0n) is 14.8. The van der Waals surface area contributed by atoms with Crippen molar-refractivity contribution in [2.75, 3.05) is 19.5 Å². The van der Waals surface area contributed by atoms with Crippen molar-refractivity contribution in [3.05, 3.63) is 47.5 Å². The molecule has 0 heterocycles. The zero-order valence-corrected chi connectivity index (χ0v) is 14.8. The van der Waals surface area contributed by atoms with Crippen LogP contribution < -0.4 is 25.3 Å². The van der Waals surface area contributed by atoms with E-state index in [2.05, 4.69) is 15.0 Å². The molecule has 0 radical (unpaired) electrons. The van der Waals surface area contributed by atoms with Gasteiger partial charge in [-0.1, -0.05) is 17.7 Å². The first-order chi connectivity index (χ1) is 12.4. The quantitative estimate of drug-likeness (QED) is 0.580. The van der Waals surface area contributed by atoms with Gasteiger partial charge in [0.2, 0.25) is 0 Å². The Labute approximate surface area is 150 Å². The van der Waals surface area contributed by atoms with Gasteiger partial charge in [-0.15, -0.1) is 0 Å². The van der Waals surface area contributed by atoms with Gasteiger partial charge >= 0.3 is 6.61 Å². The van der Waals surface area contributed by atoms with Gasteiger partial charge in [0.15, 0.2) is 17.5 Å². The van der Waals surface area contributed by atoms with Gasteiger partial charge in [-0.2, -0.15) is 8.78 Å². The Morgan fingerprint density at radius 2 is 1.77 bits per heavy atom. The molecule has 0 aliphatic rings. The molecule has 0 amide bonds. The summed E-state index contributed by atoms with van der Waals surface area (Å²) in [7, 11) is 3.07. The van der Waals surface area contributed by atoms with Gasteiger partial charge in [0.25, 0.3) is 0 Å². The van der Waals surface area contributed by atoms with Crippen LogP contribution in [-0.2, 0) is 6.54 Å². The van der Waals surface area contributed by atoms with Gasteiger partial charge in [-0.25, -0.2) is 4.99 Å². The Morgan fingerprint density at radius 1 is 1.08 bits per heavy atom. The summed E-state index contributed by atoms with van der Waals surface area (Å²) in [5.41, 5.74) is 7.95. The minimum absolute atomic E-state index is 0.0771. The average Bonchev–Trinajstić information content (AvgIpc) is 2.61. The number of rotatable bonds is 7. The highest BCUT2D eigenvalue weighted by Gasteiger charge is 2.10. The van der Waals surface area contributed by atoms with Gasteiger partial charge in [-0.3, -0.25) is 0 Å². The Hall–Kier alpha value is -3.03. The second-order valence-electron chi connectivity index (χ2n) is 5.39. The summed E-state index contributed by atoms with van der Waals surface area (Å²) in [6.45, 7) is -0.955. The molecule has 0 fully saturated rings. The number of nitrogens with zero attached hydrogens (tertiary/aromatic N) is 1. The number of aliphatic imine (C=N–C) groups is 1. The van der Waals surface area contributed by atoms with E-state index in [-0.39, 0.29) is 18.3 Å². The van der Waals surface area contributed by atoms with Gasteiger partial charge in [0, 0.05) is 17.3 Å². The van der Waals surface area contributed by atoms with Crippen molar-refractivity contribution in [3.63, 3.8) is 0 Å². The second-order valence-corrected chi connectivity index (χ2v) is 5.39. The molecule has 2 rings (SSSR count). The smallest absolute Gasteiger partial charge is 0.387 e. The molecular formula is C18H21F2N3O3. The summed E-state index contributed by atoms with van der Waals surface area (Å²) in [6, 6.07) is 10.1. The van der Waals surface area contributed by atoms with Crippen LogP contribution in [0.5, 0.6) is 17.2 Å². The monoisotopic (exact) mass is 365 g/mol. The third-order valence-electron chi connectivity index (χ3n) is 3.51. The topological polar surface area (TPSA) is 78.1 Å². The molecule has 0 aliphatic carbocycles. The molecule has 0 aliphatic heterocycles. The fraction of sp³-hybridized carbons (Fsp3) is 0.278. The number of nitrogens with one attached hydrogen (secondary N) is 1. The molecule has 0 aromatic heterocycles. The summed E-state index contributed by atoms with van der Waals surface area (Å²) in [5, 5.41) is 2.92. The fourth-order valence-corrected chi connectivity index (χ4v) is 2.31.